The number of aldehydes is 1. The molecular formula is C41H64ClN3O4S. The van der Waals surface area contributed by atoms with Crippen LogP contribution in [0.15, 0.2) is 54.6 Å². The van der Waals surface area contributed by atoms with Crippen LogP contribution >= 0.6 is 11.6 Å². The number of hydrogen-bond donors (Lipinski definition) is 2. The Balaban J connectivity index is 0.00000332. The summed E-state index contributed by atoms with van der Waals surface area (Å²) in [4.78, 5) is 16.4. The van der Waals surface area contributed by atoms with Crippen molar-refractivity contribution in [1.29, 1.82) is 0 Å². The number of halogens is 1. The number of likely N-dealkylation sites (tertiary alicyclic amines) is 1. The molecule has 9 heteroatoms. The fourth-order valence-electron chi connectivity index (χ4n) is 7.61. The molecule has 7 unspecified atom stereocenters. The molecule has 7 nitrogen and oxygen atoms in total. The molecule has 2 fully saturated rings. The van der Waals surface area contributed by atoms with Crippen molar-refractivity contribution < 1.29 is 18.8 Å². The first-order valence-electron chi connectivity index (χ1n) is 18.8. The third-order valence-corrected chi connectivity index (χ3v) is 12.6. The first-order valence-corrected chi connectivity index (χ1v) is 20.4. The summed E-state index contributed by atoms with van der Waals surface area (Å²) in [7, 11) is 4.06. The maximum absolute atomic E-state index is 12.3. The normalized spacial score (nSPS) is 21.1. The number of hydrogen-bond acceptors (Lipinski definition) is 6. The minimum absolute atomic E-state index is 0.122. The molecule has 7 atom stereocenters. The molecule has 1 saturated heterocycles. The van der Waals surface area contributed by atoms with Gasteiger partial charge in [-0.1, -0.05) is 56.5 Å². The highest BCUT2D eigenvalue weighted by Crippen LogP contribution is 2.42. The van der Waals surface area contributed by atoms with E-state index in [1.54, 1.807) is 7.05 Å². The van der Waals surface area contributed by atoms with Gasteiger partial charge < -0.3 is 19.6 Å². The van der Waals surface area contributed by atoms with Crippen molar-refractivity contribution in [3.8, 4) is 5.75 Å². The Kier molecular flexibility index (Phi) is 19.3. The predicted molar refractivity (Wildman–Crippen MR) is 211 cm³/mol. The highest BCUT2D eigenvalue weighted by atomic mass is 35.5. The zero-order valence-electron chi connectivity index (χ0n) is 31.5. The number of allylic oxidation sites excluding steroid dienone is 1. The van der Waals surface area contributed by atoms with E-state index in [1.807, 2.05) is 30.3 Å². The van der Waals surface area contributed by atoms with Crippen molar-refractivity contribution in [2.24, 2.45) is 23.7 Å². The van der Waals surface area contributed by atoms with Crippen LogP contribution in [0.4, 0.5) is 0 Å². The molecule has 0 bridgehead atoms. The van der Waals surface area contributed by atoms with E-state index in [1.165, 1.54) is 56.3 Å². The lowest BCUT2D eigenvalue weighted by Crippen LogP contribution is -2.44. The van der Waals surface area contributed by atoms with E-state index in [4.69, 9.17) is 21.4 Å². The standard InChI is InChI=1S/C40H60ClN3O3S.CH4O/c1-6-11-33-24-37(41)17-21-39(33)36(29-47-38-18-14-32(28-45)15-19-38)26-43(5)25-35-16-20-40(35)34(27-44-22-8-7-9-23-44)13-10-12-30(2)31(3)48(46)42-4;1-2/h10,13-15,17-19,21,24,28,30-31,34-36,40,42H,6-9,11-12,16,20,22-23,25-27,29H2,1-5H3;2H,1H3/b13-10+;. The average molecular weight is 730 g/mol. The maximum atomic E-state index is 12.3. The van der Waals surface area contributed by atoms with Gasteiger partial charge in [0.25, 0.3) is 0 Å². The molecular weight excluding hydrogens is 666 g/mol. The average Bonchev–Trinajstić information content (AvgIpc) is 3.13. The summed E-state index contributed by atoms with van der Waals surface area (Å²) in [5.74, 6) is 3.23. The zero-order valence-corrected chi connectivity index (χ0v) is 33.1. The second-order valence-electron chi connectivity index (χ2n) is 14.4. The first-order chi connectivity index (χ1) is 24.2. The number of aliphatic hydroxyl groups excluding tert-OH is 1. The Morgan fingerprint density at radius 3 is 2.44 bits per heavy atom. The summed E-state index contributed by atoms with van der Waals surface area (Å²) in [5.41, 5.74) is 3.27. The van der Waals surface area contributed by atoms with Gasteiger partial charge in [0.05, 0.1) is 17.6 Å². The molecule has 2 aromatic carbocycles. The van der Waals surface area contributed by atoms with Crippen molar-refractivity contribution in [1.82, 2.24) is 14.5 Å². The number of nitrogens with one attached hydrogen (secondary N) is 1. The molecule has 1 aliphatic heterocycles. The van der Waals surface area contributed by atoms with Crippen LogP contribution in [0, 0.1) is 23.7 Å². The van der Waals surface area contributed by atoms with Gasteiger partial charge in [-0.25, -0.2) is 8.93 Å². The third-order valence-electron chi connectivity index (χ3n) is 10.8. The fraction of sp³-hybridized carbons (Fsp3) is 0.634. The molecule has 2 aromatic rings. The molecule has 1 aliphatic carbocycles. The van der Waals surface area contributed by atoms with E-state index in [0.717, 1.165) is 63.1 Å². The number of aliphatic hydroxyl groups is 1. The van der Waals surface area contributed by atoms with E-state index in [-0.39, 0.29) is 11.2 Å². The number of benzene rings is 2. The molecule has 1 saturated carbocycles. The predicted octanol–water partition coefficient (Wildman–Crippen LogP) is 7.79. The summed E-state index contributed by atoms with van der Waals surface area (Å²) in [6.07, 6.45) is 15.3. The van der Waals surface area contributed by atoms with Gasteiger partial charge in [-0.2, -0.15) is 0 Å². The summed E-state index contributed by atoms with van der Waals surface area (Å²) < 4.78 is 21.6. The minimum atomic E-state index is -0.997. The Hall–Kier alpha value is -2.07. The smallest absolute Gasteiger partial charge is 0.150 e. The summed E-state index contributed by atoms with van der Waals surface area (Å²) in [6.45, 7) is 12.7. The summed E-state index contributed by atoms with van der Waals surface area (Å²) in [5, 5.41) is 7.90. The molecule has 0 radical (unpaired) electrons. The summed E-state index contributed by atoms with van der Waals surface area (Å²) in [6, 6.07) is 13.7. The molecule has 280 valence electrons. The quantitative estimate of drug-likeness (QED) is 0.107. The Morgan fingerprint density at radius 2 is 1.82 bits per heavy atom. The van der Waals surface area contributed by atoms with Crippen molar-refractivity contribution in [3.05, 3.63) is 76.3 Å². The lowest BCUT2D eigenvalue weighted by Gasteiger charge is -2.45. The van der Waals surface area contributed by atoms with Crippen LogP contribution in [0.25, 0.3) is 0 Å². The Labute approximate surface area is 310 Å². The number of rotatable bonds is 20. The molecule has 2 aliphatic rings. The molecule has 50 heavy (non-hydrogen) atoms. The van der Waals surface area contributed by atoms with Gasteiger partial charge >= 0.3 is 0 Å². The zero-order chi connectivity index (χ0) is 36.5. The second-order valence-corrected chi connectivity index (χ2v) is 16.6. The van der Waals surface area contributed by atoms with E-state index in [2.05, 4.69) is 66.6 Å². The van der Waals surface area contributed by atoms with Crippen LogP contribution in [0.3, 0.4) is 0 Å². The number of carbonyl (C=O) groups excluding carboxylic acids is 1. The number of nitrogens with zero attached hydrogens (tertiary/aromatic N) is 2. The lowest BCUT2D eigenvalue weighted by molar-refractivity contribution is 0.0636. The van der Waals surface area contributed by atoms with E-state index < -0.39 is 11.0 Å². The number of piperidine rings is 1. The second kappa shape index (κ2) is 22.8. The van der Waals surface area contributed by atoms with Crippen molar-refractivity contribution in [2.75, 3.05) is 60.5 Å². The molecule has 4 rings (SSSR count). The first kappa shape index (κ1) is 42.3. The highest BCUT2D eigenvalue weighted by Gasteiger charge is 2.37. The van der Waals surface area contributed by atoms with Crippen LogP contribution in [0.1, 0.15) is 93.1 Å². The van der Waals surface area contributed by atoms with Gasteiger partial charge in [-0.05, 0) is 144 Å². The number of likely N-dealkylation sites (N-methyl/N-ethyl adjacent to an activating group) is 1. The fourth-order valence-corrected chi connectivity index (χ4v) is 8.71. The topological polar surface area (TPSA) is 82.1 Å². The molecule has 0 aromatic heterocycles. The van der Waals surface area contributed by atoms with Gasteiger partial charge in [0.1, 0.15) is 12.0 Å². The van der Waals surface area contributed by atoms with E-state index in [0.29, 0.717) is 35.8 Å². The van der Waals surface area contributed by atoms with Gasteiger partial charge in [-0.15, -0.1) is 0 Å². The van der Waals surface area contributed by atoms with Crippen LogP contribution in [-0.4, -0.2) is 91.2 Å². The van der Waals surface area contributed by atoms with Crippen LogP contribution in [0.5, 0.6) is 5.75 Å². The highest BCUT2D eigenvalue weighted by molar-refractivity contribution is 7.83. The van der Waals surface area contributed by atoms with Crippen molar-refractivity contribution >= 4 is 28.9 Å². The third kappa shape index (κ3) is 13.2. The maximum Gasteiger partial charge on any atom is 0.150 e. The summed E-state index contributed by atoms with van der Waals surface area (Å²) >= 11 is 6.47. The molecule has 2 N–H and O–H groups in total. The van der Waals surface area contributed by atoms with Gasteiger partial charge in [0.2, 0.25) is 0 Å². The Morgan fingerprint density at radius 1 is 1.10 bits per heavy atom. The molecule has 1 heterocycles. The lowest BCUT2D eigenvalue weighted by atomic mass is 9.66. The van der Waals surface area contributed by atoms with E-state index in [9.17, 15) is 9.00 Å². The monoisotopic (exact) mass is 729 g/mol. The Bertz CT molecular complexity index is 1320. The van der Waals surface area contributed by atoms with Crippen LogP contribution < -0.4 is 9.46 Å². The molecule has 0 amide bonds. The van der Waals surface area contributed by atoms with Crippen LogP contribution in [0.2, 0.25) is 5.02 Å². The van der Waals surface area contributed by atoms with Gasteiger partial charge in [-0.3, -0.25) is 4.79 Å². The van der Waals surface area contributed by atoms with E-state index >= 15 is 0 Å². The SMILES string of the molecule is CCCc1cc(Cl)ccc1C(COc1ccc(C=O)cc1)CN(C)CC1CCC1C(/C=C/CC(C)C(C)S(=O)NC)CN1CCCCC1.CO. The van der Waals surface area contributed by atoms with Gasteiger partial charge in [0, 0.05) is 48.5 Å². The van der Waals surface area contributed by atoms with Crippen molar-refractivity contribution in [2.45, 2.75) is 83.3 Å². The number of ether oxygens (including phenoxy) is 1. The van der Waals surface area contributed by atoms with Crippen molar-refractivity contribution in [3.63, 3.8) is 0 Å². The minimum Gasteiger partial charge on any atom is -0.493 e. The largest absolute Gasteiger partial charge is 0.493 e. The van der Waals surface area contributed by atoms with Gasteiger partial charge in [0.15, 0.2) is 0 Å². The van der Waals surface area contributed by atoms with Crippen LogP contribution in [-0.2, 0) is 17.4 Å². The number of carbonyl (C=O) groups is 1. The number of aryl methyl sites for hydroxylation is 1. The molecule has 0 spiro atoms.